The average Bonchev–Trinajstić information content (AvgIpc) is 2.92. The summed E-state index contributed by atoms with van der Waals surface area (Å²) in [6.07, 6.45) is 0.479. The van der Waals surface area contributed by atoms with Crippen molar-refractivity contribution in [2.45, 2.75) is 13.3 Å². The number of benzene rings is 1. The van der Waals surface area contributed by atoms with Gasteiger partial charge in [0.2, 0.25) is 5.89 Å². The second kappa shape index (κ2) is 6.76. The monoisotopic (exact) mass is 289 g/mol. The van der Waals surface area contributed by atoms with Gasteiger partial charge in [0.15, 0.2) is 5.78 Å². The third-order valence-corrected chi connectivity index (χ3v) is 2.76. The number of Topliss-reactive ketones (excluding diaryl/α,β-unsaturated/α-hetero) is 1. The summed E-state index contributed by atoms with van der Waals surface area (Å²) < 4.78 is 10.1. The van der Waals surface area contributed by atoms with Crippen LogP contribution in [0.25, 0.3) is 0 Å². The molecule has 0 saturated heterocycles. The first-order valence-corrected chi connectivity index (χ1v) is 6.34. The largest absolute Gasteiger partial charge is 0.408 e. The number of ketones is 1. The van der Waals surface area contributed by atoms with Crippen molar-refractivity contribution in [3.8, 4) is 0 Å². The van der Waals surface area contributed by atoms with Crippen molar-refractivity contribution in [2.75, 3.05) is 19.0 Å². The van der Waals surface area contributed by atoms with Gasteiger partial charge in [-0.25, -0.2) is 0 Å². The van der Waals surface area contributed by atoms with Gasteiger partial charge in [-0.15, -0.1) is 5.10 Å². The average molecular weight is 289 g/mol. The first-order valence-electron chi connectivity index (χ1n) is 6.34. The number of hydrogen-bond donors (Lipinski definition) is 1. The Morgan fingerprint density at radius 3 is 2.48 bits per heavy atom. The maximum absolute atomic E-state index is 12.0. The normalized spacial score (nSPS) is 10.4. The number of hydrogen-bond acceptors (Lipinski definition) is 6. The number of rotatable bonds is 6. The van der Waals surface area contributed by atoms with E-state index in [1.807, 2.05) is 0 Å². The van der Waals surface area contributed by atoms with E-state index in [1.54, 1.807) is 31.4 Å². The highest BCUT2D eigenvalue weighted by Gasteiger charge is 2.12. The Hall–Kier alpha value is -2.54. The minimum atomic E-state index is -0.382. The molecule has 0 aliphatic heterocycles. The number of carbonyl (C=O) groups excluding carboxylic acids is 2. The summed E-state index contributed by atoms with van der Waals surface area (Å²) in [6.45, 7) is 1.93. The third kappa shape index (κ3) is 3.96. The molecule has 0 atom stereocenters. The van der Waals surface area contributed by atoms with E-state index in [1.165, 1.54) is 6.92 Å². The second-order valence-corrected chi connectivity index (χ2v) is 4.33. The van der Waals surface area contributed by atoms with Crippen LogP contribution in [0.1, 0.15) is 33.5 Å². The topological polar surface area (TPSA) is 94.3 Å². The number of nitrogens with one attached hydrogen (secondary N) is 1. The van der Waals surface area contributed by atoms with Crippen LogP contribution in [-0.4, -0.2) is 35.6 Å². The summed E-state index contributed by atoms with van der Waals surface area (Å²) in [4.78, 5) is 23.1. The van der Waals surface area contributed by atoms with E-state index < -0.39 is 0 Å². The van der Waals surface area contributed by atoms with Crippen LogP contribution in [-0.2, 0) is 11.2 Å². The predicted molar refractivity (Wildman–Crippen MR) is 74.3 cm³/mol. The van der Waals surface area contributed by atoms with Crippen LogP contribution in [0.2, 0.25) is 0 Å². The van der Waals surface area contributed by atoms with E-state index in [2.05, 4.69) is 15.5 Å². The van der Waals surface area contributed by atoms with Gasteiger partial charge in [-0.05, 0) is 19.1 Å². The molecular formula is C14H15N3O4. The number of ether oxygens (including phenoxy) is 1. The number of aromatic nitrogens is 2. The van der Waals surface area contributed by atoms with E-state index >= 15 is 0 Å². The second-order valence-electron chi connectivity index (χ2n) is 4.33. The first-order chi connectivity index (χ1) is 10.1. The molecule has 1 amide bonds. The van der Waals surface area contributed by atoms with Gasteiger partial charge >= 0.3 is 6.01 Å². The maximum Gasteiger partial charge on any atom is 0.322 e. The lowest BCUT2D eigenvalue weighted by Crippen LogP contribution is -2.12. The molecule has 0 unspecified atom stereocenters. The first kappa shape index (κ1) is 14.9. The summed E-state index contributed by atoms with van der Waals surface area (Å²) in [7, 11) is 1.57. The molecule has 0 bridgehead atoms. The molecule has 21 heavy (non-hydrogen) atoms. The summed E-state index contributed by atoms with van der Waals surface area (Å²) in [5.41, 5.74) is 0.947. The molecule has 2 rings (SSSR count). The molecule has 1 aromatic heterocycles. The molecule has 110 valence electrons. The van der Waals surface area contributed by atoms with Crippen molar-refractivity contribution in [2.24, 2.45) is 0 Å². The van der Waals surface area contributed by atoms with Crippen molar-refractivity contribution < 1.29 is 18.7 Å². The van der Waals surface area contributed by atoms with Gasteiger partial charge < -0.3 is 9.15 Å². The van der Waals surface area contributed by atoms with Gasteiger partial charge in [0.05, 0.1) is 6.61 Å². The highest BCUT2D eigenvalue weighted by Crippen LogP contribution is 2.10. The Bertz CT molecular complexity index is 634. The number of nitrogens with zero attached hydrogens (tertiary/aromatic N) is 2. The molecule has 1 aromatic carbocycles. The van der Waals surface area contributed by atoms with Gasteiger partial charge in [-0.1, -0.05) is 17.2 Å². The van der Waals surface area contributed by atoms with Crippen molar-refractivity contribution in [3.63, 3.8) is 0 Å². The fourth-order valence-corrected chi connectivity index (χ4v) is 1.62. The standard InChI is InChI=1S/C14H15N3O4/c1-9(18)10-3-5-11(6-4-10)13(19)15-14-17-16-12(21-14)7-8-20-2/h3-6H,7-8H2,1-2H3,(H,15,17,19). The van der Waals surface area contributed by atoms with Crippen LogP contribution < -0.4 is 5.32 Å². The quantitative estimate of drug-likeness (QED) is 0.813. The molecule has 1 N–H and O–H groups in total. The van der Waals surface area contributed by atoms with Gasteiger partial charge in [0.25, 0.3) is 5.91 Å². The van der Waals surface area contributed by atoms with Crippen LogP contribution in [0.15, 0.2) is 28.7 Å². The van der Waals surface area contributed by atoms with E-state index in [4.69, 9.17) is 9.15 Å². The Morgan fingerprint density at radius 2 is 1.86 bits per heavy atom. The maximum atomic E-state index is 12.0. The van der Waals surface area contributed by atoms with Crippen molar-refractivity contribution in [3.05, 3.63) is 41.3 Å². The zero-order valence-electron chi connectivity index (χ0n) is 11.8. The van der Waals surface area contributed by atoms with E-state index in [9.17, 15) is 9.59 Å². The van der Waals surface area contributed by atoms with Crippen molar-refractivity contribution >= 4 is 17.7 Å². The number of carbonyl (C=O) groups is 2. The van der Waals surface area contributed by atoms with Gasteiger partial charge in [-0.3, -0.25) is 14.9 Å². The fourth-order valence-electron chi connectivity index (χ4n) is 1.62. The molecule has 0 aliphatic carbocycles. The Labute approximate surface area is 121 Å². The summed E-state index contributed by atoms with van der Waals surface area (Å²) in [5.74, 6) is -0.0484. The summed E-state index contributed by atoms with van der Waals surface area (Å²) >= 11 is 0. The van der Waals surface area contributed by atoms with E-state index in [0.717, 1.165) is 0 Å². The van der Waals surface area contributed by atoms with E-state index in [0.29, 0.717) is 30.0 Å². The lowest BCUT2D eigenvalue weighted by atomic mass is 10.1. The van der Waals surface area contributed by atoms with Crippen molar-refractivity contribution in [1.29, 1.82) is 0 Å². The lowest BCUT2D eigenvalue weighted by molar-refractivity contribution is 0.100. The fraction of sp³-hybridized carbons (Fsp3) is 0.286. The molecule has 7 heteroatoms. The molecule has 0 fully saturated rings. The van der Waals surface area contributed by atoms with Crippen LogP contribution in [0, 0.1) is 0 Å². The minimum Gasteiger partial charge on any atom is -0.408 e. The van der Waals surface area contributed by atoms with Gasteiger partial charge in [0.1, 0.15) is 0 Å². The van der Waals surface area contributed by atoms with Crippen LogP contribution in [0.3, 0.4) is 0 Å². The third-order valence-electron chi connectivity index (χ3n) is 2.76. The smallest absolute Gasteiger partial charge is 0.322 e. The number of methoxy groups -OCH3 is 1. The number of amides is 1. The van der Waals surface area contributed by atoms with Gasteiger partial charge in [-0.2, -0.15) is 0 Å². The van der Waals surface area contributed by atoms with E-state index in [-0.39, 0.29) is 17.7 Å². The van der Waals surface area contributed by atoms with Crippen molar-refractivity contribution in [1.82, 2.24) is 10.2 Å². The molecule has 0 spiro atoms. The Morgan fingerprint density at radius 1 is 1.19 bits per heavy atom. The SMILES string of the molecule is COCCc1nnc(NC(=O)c2ccc(C(C)=O)cc2)o1. The molecule has 0 saturated carbocycles. The highest BCUT2D eigenvalue weighted by molar-refractivity contribution is 6.04. The van der Waals surface area contributed by atoms with Crippen LogP contribution in [0.4, 0.5) is 6.01 Å². The summed E-state index contributed by atoms with van der Waals surface area (Å²) in [6, 6.07) is 6.34. The zero-order valence-corrected chi connectivity index (χ0v) is 11.8. The number of anilines is 1. The highest BCUT2D eigenvalue weighted by atomic mass is 16.5. The van der Waals surface area contributed by atoms with Gasteiger partial charge in [0, 0.05) is 24.7 Å². The molecule has 0 radical (unpaired) electrons. The van der Waals surface area contributed by atoms with Crippen LogP contribution in [0.5, 0.6) is 0 Å². The molecule has 7 nitrogen and oxygen atoms in total. The van der Waals surface area contributed by atoms with Crippen LogP contribution >= 0.6 is 0 Å². The zero-order chi connectivity index (χ0) is 15.2. The lowest BCUT2D eigenvalue weighted by Gasteiger charge is -2.01. The minimum absolute atomic E-state index is 0.0294. The molecule has 2 aromatic rings. The summed E-state index contributed by atoms with van der Waals surface area (Å²) in [5, 5.41) is 10.0. The molecular weight excluding hydrogens is 274 g/mol. The molecule has 1 heterocycles. The Balaban J connectivity index is 2.00. The Kier molecular flexibility index (Phi) is 4.78. The molecule has 0 aliphatic rings. The predicted octanol–water partition coefficient (Wildman–Crippen LogP) is 1.71.